The second-order valence-corrected chi connectivity index (χ2v) is 5.98. The van der Waals surface area contributed by atoms with Crippen LogP contribution in [0, 0.1) is 0 Å². The third-order valence-electron chi connectivity index (χ3n) is 3.30. The lowest BCUT2D eigenvalue weighted by molar-refractivity contribution is 0.417. The van der Waals surface area contributed by atoms with E-state index in [2.05, 4.69) is 28.4 Å². The molecule has 104 valence electrons. The lowest BCUT2D eigenvalue weighted by Crippen LogP contribution is -2.09. The minimum Gasteiger partial charge on any atom is -0.495 e. The number of hydrogen-bond donors (Lipinski definition) is 2. The van der Waals surface area contributed by atoms with E-state index in [0.29, 0.717) is 11.4 Å². The van der Waals surface area contributed by atoms with E-state index >= 15 is 0 Å². The summed E-state index contributed by atoms with van der Waals surface area (Å²) in [5.41, 5.74) is 9.97. The average Bonchev–Trinajstić information content (AvgIpc) is 2.43. The summed E-state index contributed by atoms with van der Waals surface area (Å²) in [7, 11) is 5.71. The molecule has 0 spiro atoms. The van der Waals surface area contributed by atoms with E-state index in [1.807, 2.05) is 26.2 Å². The van der Waals surface area contributed by atoms with Gasteiger partial charge in [-0.2, -0.15) is 0 Å². The van der Waals surface area contributed by atoms with Gasteiger partial charge in [-0.25, -0.2) is 0 Å². The largest absolute Gasteiger partial charge is 0.495 e. The first-order chi connectivity index (χ1) is 9.58. The Morgan fingerprint density at radius 1 is 1.10 bits per heavy atom. The Hall–Kier alpha value is -2.01. The average molecular weight is 287 g/mol. The zero-order valence-corrected chi connectivity index (χ0v) is 12.5. The minimum absolute atomic E-state index is 0.660. The van der Waals surface area contributed by atoms with Crippen LogP contribution in [-0.2, 0) is 0 Å². The van der Waals surface area contributed by atoms with E-state index < -0.39 is 0 Å². The molecular weight excluding hydrogens is 270 g/mol. The van der Waals surface area contributed by atoms with E-state index in [1.165, 1.54) is 10.6 Å². The first-order valence-electron chi connectivity index (χ1n) is 6.32. The molecule has 0 saturated heterocycles. The molecule has 5 heteroatoms. The van der Waals surface area contributed by atoms with Gasteiger partial charge in [0.2, 0.25) is 0 Å². The van der Waals surface area contributed by atoms with Crippen molar-refractivity contribution in [3.05, 3.63) is 30.3 Å². The number of nitrogens with one attached hydrogen (secondary N) is 1. The van der Waals surface area contributed by atoms with Crippen LogP contribution in [-0.4, -0.2) is 21.2 Å². The Kier molecular flexibility index (Phi) is 3.14. The van der Waals surface area contributed by atoms with E-state index in [4.69, 9.17) is 10.5 Å². The summed E-state index contributed by atoms with van der Waals surface area (Å²) < 4.78 is 5.27. The molecule has 0 bridgehead atoms. The van der Waals surface area contributed by atoms with Crippen LogP contribution < -0.4 is 20.7 Å². The molecular formula is C15H17N3OS. The Bertz CT molecular complexity index is 670. The number of benzene rings is 2. The van der Waals surface area contributed by atoms with Crippen molar-refractivity contribution in [3.63, 3.8) is 0 Å². The summed E-state index contributed by atoms with van der Waals surface area (Å²) in [4.78, 5) is 4.42. The molecule has 1 heterocycles. The van der Waals surface area contributed by atoms with Gasteiger partial charge >= 0.3 is 0 Å². The summed E-state index contributed by atoms with van der Waals surface area (Å²) in [6.45, 7) is 0. The molecule has 0 saturated carbocycles. The summed E-state index contributed by atoms with van der Waals surface area (Å²) >= 11 is 1.72. The second-order valence-electron chi connectivity index (χ2n) is 4.89. The SMILES string of the molecule is COc1cc2c(cc1N)Sc1cc(N(C)C)ccc1N2. The molecule has 2 aromatic carbocycles. The molecule has 0 unspecified atom stereocenters. The number of nitrogen functional groups attached to an aromatic ring is 1. The van der Waals surface area contributed by atoms with Crippen molar-refractivity contribution >= 4 is 34.5 Å². The van der Waals surface area contributed by atoms with Gasteiger partial charge < -0.3 is 20.7 Å². The number of ether oxygens (including phenoxy) is 1. The summed E-state index contributed by atoms with van der Waals surface area (Å²) in [6.07, 6.45) is 0. The van der Waals surface area contributed by atoms with Crippen LogP contribution in [0.3, 0.4) is 0 Å². The van der Waals surface area contributed by atoms with Gasteiger partial charge in [-0.1, -0.05) is 11.8 Å². The van der Waals surface area contributed by atoms with Crippen LogP contribution in [0.2, 0.25) is 0 Å². The molecule has 0 aromatic heterocycles. The monoisotopic (exact) mass is 287 g/mol. The molecule has 3 rings (SSSR count). The first-order valence-corrected chi connectivity index (χ1v) is 7.14. The summed E-state index contributed by atoms with van der Waals surface area (Å²) in [5, 5.41) is 3.43. The summed E-state index contributed by atoms with van der Waals surface area (Å²) in [5.74, 6) is 0.699. The smallest absolute Gasteiger partial charge is 0.143 e. The van der Waals surface area contributed by atoms with E-state index in [9.17, 15) is 0 Å². The van der Waals surface area contributed by atoms with Gasteiger partial charge in [-0.15, -0.1) is 0 Å². The molecule has 0 amide bonds. The third kappa shape index (κ3) is 2.14. The number of nitrogens with two attached hydrogens (primary N) is 1. The van der Waals surface area contributed by atoms with Crippen molar-refractivity contribution in [1.82, 2.24) is 0 Å². The van der Waals surface area contributed by atoms with Crippen LogP contribution in [0.5, 0.6) is 5.75 Å². The topological polar surface area (TPSA) is 50.5 Å². The van der Waals surface area contributed by atoms with Gasteiger partial charge in [0, 0.05) is 35.6 Å². The number of rotatable bonds is 2. The van der Waals surface area contributed by atoms with Gasteiger partial charge in [0.05, 0.1) is 24.2 Å². The van der Waals surface area contributed by atoms with Crippen molar-refractivity contribution in [2.24, 2.45) is 0 Å². The van der Waals surface area contributed by atoms with E-state index in [0.717, 1.165) is 16.3 Å². The maximum atomic E-state index is 5.98. The molecule has 0 fully saturated rings. The molecule has 2 aromatic rings. The van der Waals surface area contributed by atoms with Crippen LogP contribution in [0.1, 0.15) is 0 Å². The zero-order valence-electron chi connectivity index (χ0n) is 11.7. The molecule has 4 nitrogen and oxygen atoms in total. The molecule has 1 aliphatic heterocycles. The van der Waals surface area contributed by atoms with E-state index in [1.54, 1.807) is 18.9 Å². The Morgan fingerprint density at radius 2 is 1.85 bits per heavy atom. The van der Waals surface area contributed by atoms with Crippen molar-refractivity contribution in [2.45, 2.75) is 9.79 Å². The van der Waals surface area contributed by atoms with Crippen molar-refractivity contribution in [3.8, 4) is 5.75 Å². The first kappa shape index (κ1) is 13.0. The fraction of sp³-hybridized carbons (Fsp3) is 0.200. The maximum Gasteiger partial charge on any atom is 0.143 e. The molecule has 0 atom stereocenters. The number of hydrogen-bond acceptors (Lipinski definition) is 5. The van der Waals surface area contributed by atoms with Crippen LogP contribution in [0.15, 0.2) is 40.1 Å². The maximum absolute atomic E-state index is 5.98. The minimum atomic E-state index is 0.660. The Balaban J connectivity index is 2.02. The third-order valence-corrected chi connectivity index (χ3v) is 4.42. The highest BCUT2D eigenvalue weighted by Gasteiger charge is 2.18. The highest BCUT2D eigenvalue weighted by atomic mass is 32.2. The van der Waals surface area contributed by atoms with Crippen LogP contribution in [0.4, 0.5) is 22.7 Å². The van der Waals surface area contributed by atoms with Gasteiger partial charge in [0.15, 0.2) is 0 Å². The molecule has 0 aliphatic carbocycles. The fourth-order valence-electron chi connectivity index (χ4n) is 2.18. The van der Waals surface area contributed by atoms with Gasteiger partial charge in [0.25, 0.3) is 0 Å². The second kappa shape index (κ2) is 4.83. The van der Waals surface area contributed by atoms with E-state index in [-0.39, 0.29) is 0 Å². The molecule has 1 aliphatic rings. The molecule has 0 radical (unpaired) electrons. The summed E-state index contributed by atoms with van der Waals surface area (Å²) in [6, 6.07) is 10.3. The van der Waals surface area contributed by atoms with Crippen molar-refractivity contribution < 1.29 is 4.74 Å². The highest BCUT2D eigenvalue weighted by Crippen LogP contribution is 2.47. The molecule has 3 N–H and O–H groups in total. The quantitative estimate of drug-likeness (QED) is 0.706. The van der Waals surface area contributed by atoms with Crippen molar-refractivity contribution in [1.29, 1.82) is 0 Å². The predicted octanol–water partition coefficient (Wildman–Crippen LogP) is 3.55. The fourth-order valence-corrected chi connectivity index (χ4v) is 3.23. The normalized spacial score (nSPS) is 12.2. The van der Waals surface area contributed by atoms with Gasteiger partial charge in [0.1, 0.15) is 5.75 Å². The molecule has 20 heavy (non-hydrogen) atoms. The standard InChI is InChI=1S/C15H17N3OS/c1-18(2)9-4-5-11-14(6-9)20-15-7-10(16)13(19-3)8-12(15)17-11/h4-8,17H,16H2,1-3H3. The lowest BCUT2D eigenvalue weighted by atomic mass is 10.2. The number of methoxy groups -OCH3 is 1. The lowest BCUT2D eigenvalue weighted by Gasteiger charge is -2.24. The Labute approximate surface area is 122 Å². The Morgan fingerprint density at radius 3 is 2.55 bits per heavy atom. The van der Waals surface area contributed by atoms with Gasteiger partial charge in [-0.05, 0) is 24.3 Å². The van der Waals surface area contributed by atoms with Crippen LogP contribution in [0.25, 0.3) is 0 Å². The zero-order chi connectivity index (χ0) is 14.3. The number of fused-ring (bicyclic) bond motifs is 2. The van der Waals surface area contributed by atoms with Gasteiger partial charge in [-0.3, -0.25) is 0 Å². The van der Waals surface area contributed by atoms with Crippen molar-refractivity contribution in [2.75, 3.05) is 37.2 Å². The van der Waals surface area contributed by atoms with Crippen LogP contribution >= 0.6 is 11.8 Å². The predicted molar refractivity (Wildman–Crippen MR) is 85.6 cm³/mol. The number of nitrogens with zero attached hydrogens (tertiary/aromatic N) is 1. The number of anilines is 4. The highest BCUT2D eigenvalue weighted by molar-refractivity contribution is 7.99.